The Balaban J connectivity index is 4.95. The van der Waals surface area contributed by atoms with Crippen LogP contribution in [0.3, 0.4) is 0 Å². The zero-order chi connectivity index (χ0) is 10.9. The molecule has 0 fully saturated rings. The predicted molar refractivity (Wildman–Crippen MR) is 41.5 cm³/mol. The number of alkyl halides is 2. The summed E-state index contributed by atoms with van der Waals surface area (Å²) in [5.41, 5.74) is 0. The van der Waals surface area contributed by atoms with Crippen molar-refractivity contribution < 1.29 is 27.1 Å². The molecular formula is C6H10F2O4S. The summed E-state index contributed by atoms with van der Waals surface area (Å²) in [6, 6.07) is 0. The molecular weight excluding hydrogens is 206 g/mol. The Kier molecular flexibility index (Phi) is 3.37. The highest BCUT2D eigenvalue weighted by Gasteiger charge is 2.43. The summed E-state index contributed by atoms with van der Waals surface area (Å²) in [5, 5.41) is 8.47. The average molecular weight is 216 g/mol. The molecule has 0 aliphatic rings. The number of sulfone groups is 1. The van der Waals surface area contributed by atoms with Crippen LogP contribution < -0.4 is 0 Å². The average Bonchev–Trinajstić information content (AvgIpc) is 1.83. The predicted octanol–water partition coefficient (Wildman–Crippen LogP) is 0.529. The molecule has 0 saturated carbocycles. The monoisotopic (exact) mass is 216 g/mol. The quantitative estimate of drug-likeness (QED) is 0.744. The van der Waals surface area contributed by atoms with Gasteiger partial charge in [0.1, 0.15) is 5.75 Å². The molecule has 0 saturated heterocycles. The van der Waals surface area contributed by atoms with Gasteiger partial charge in [0.05, 0.1) is 0 Å². The lowest BCUT2D eigenvalue weighted by Crippen LogP contribution is -2.43. The van der Waals surface area contributed by atoms with Gasteiger partial charge in [0.2, 0.25) is 0 Å². The maximum Gasteiger partial charge on any atom is 0.324 e. The third-order valence-corrected chi connectivity index (χ3v) is 4.06. The van der Waals surface area contributed by atoms with Crippen LogP contribution in [0.4, 0.5) is 8.78 Å². The minimum atomic E-state index is -4.31. The molecule has 78 valence electrons. The van der Waals surface area contributed by atoms with E-state index in [1.807, 2.05) is 0 Å². The topological polar surface area (TPSA) is 71.4 Å². The molecule has 0 aromatic carbocycles. The van der Waals surface area contributed by atoms with Crippen LogP contribution in [0.15, 0.2) is 0 Å². The van der Waals surface area contributed by atoms with Crippen molar-refractivity contribution in [3.63, 3.8) is 0 Å². The summed E-state index contributed by atoms with van der Waals surface area (Å²) in [6.07, 6.45) is -3.05. The van der Waals surface area contributed by atoms with Crippen LogP contribution in [-0.2, 0) is 14.6 Å². The minimum absolute atomic E-state index is 0.882. The first kappa shape index (κ1) is 12.3. The number of rotatable bonds is 4. The largest absolute Gasteiger partial charge is 0.480 e. The smallest absolute Gasteiger partial charge is 0.324 e. The lowest BCUT2D eigenvalue weighted by Gasteiger charge is -2.18. The van der Waals surface area contributed by atoms with Gasteiger partial charge in [-0.05, 0) is 13.8 Å². The molecule has 0 aliphatic heterocycles. The Labute approximate surface area is 74.5 Å². The number of carbonyl (C=O) groups is 1. The van der Waals surface area contributed by atoms with E-state index in [4.69, 9.17) is 5.11 Å². The van der Waals surface area contributed by atoms with Crippen molar-refractivity contribution in [1.82, 2.24) is 0 Å². The normalized spacial score (nSPS) is 13.3. The molecule has 7 heteroatoms. The maximum absolute atomic E-state index is 11.8. The lowest BCUT2D eigenvalue weighted by molar-refractivity contribution is -0.139. The van der Waals surface area contributed by atoms with Crippen LogP contribution in [0.25, 0.3) is 0 Å². The molecule has 0 aliphatic carbocycles. The first-order valence-electron chi connectivity index (χ1n) is 3.35. The molecule has 0 radical (unpaired) electrons. The summed E-state index contributed by atoms with van der Waals surface area (Å²) >= 11 is 0. The van der Waals surface area contributed by atoms with Gasteiger partial charge in [-0.25, -0.2) is 17.2 Å². The van der Waals surface area contributed by atoms with Crippen LogP contribution >= 0.6 is 0 Å². The van der Waals surface area contributed by atoms with Crippen LogP contribution in [0.5, 0.6) is 0 Å². The Hall–Kier alpha value is -0.720. The summed E-state index contributed by atoms with van der Waals surface area (Å²) in [4.78, 5) is 10.4. The van der Waals surface area contributed by atoms with E-state index in [1.54, 1.807) is 0 Å². The van der Waals surface area contributed by atoms with Crippen LogP contribution in [-0.4, -0.2) is 36.4 Å². The Morgan fingerprint density at radius 2 is 1.85 bits per heavy atom. The van der Waals surface area contributed by atoms with Gasteiger partial charge in [-0.2, -0.15) is 0 Å². The number of hydrogen-bond donors (Lipinski definition) is 1. The van der Waals surface area contributed by atoms with Crippen LogP contribution in [0, 0.1) is 0 Å². The van der Waals surface area contributed by atoms with E-state index in [1.165, 1.54) is 0 Å². The van der Waals surface area contributed by atoms with Gasteiger partial charge >= 0.3 is 5.97 Å². The van der Waals surface area contributed by atoms with Gasteiger partial charge < -0.3 is 5.11 Å². The molecule has 4 nitrogen and oxygen atoms in total. The van der Waals surface area contributed by atoms with Crippen molar-refractivity contribution in [2.75, 3.05) is 5.75 Å². The lowest BCUT2D eigenvalue weighted by atomic mass is 10.2. The van der Waals surface area contributed by atoms with E-state index in [9.17, 15) is 22.0 Å². The standard InChI is InChI=1S/C6H10F2O4S/c1-6(2,5(9)10)13(11,12)3-4(7)8/h4H,3H2,1-2H3,(H,9,10). The fourth-order valence-electron chi connectivity index (χ4n) is 0.507. The summed E-state index contributed by atoms with van der Waals surface area (Å²) < 4.78 is 43.4. The van der Waals surface area contributed by atoms with Crippen molar-refractivity contribution in [3.8, 4) is 0 Å². The highest BCUT2D eigenvalue weighted by molar-refractivity contribution is 7.93. The number of hydrogen-bond acceptors (Lipinski definition) is 3. The zero-order valence-electron chi connectivity index (χ0n) is 7.12. The van der Waals surface area contributed by atoms with Gasteiger partial charge in [-0.3, -0.25) is 4.79 Å². The molecule has 1 N–H and O–H groups in total. The van der Waals surface area contributed by atoms with E-state index in [0.717, 1.165) is 13.8 Å². The van der Waals surface area contributed by atoms with E-state index in [0.29, 0.717) is 0 Å². The van der Waals surface area contributed by atoms with E-state index in [2.05, 4.69) is 0 Å². The second-order valence-electron chi connectivity index (χ2n) is 2.99. The number of carboxylic acid groups (broad SMARTS) is 1. The van der Waals surface area contributed by atoms with Gasteiger partial charge in [0.15, 0.2) is 14.6 Å². The first-order chi connectivity index (χ1) is 5.61. The molecule has 0 amide bonds. The summed E-state index contributed by atoms with van der Waals surface area (Å²) in [7, 11) is -4.31. The van der Waals surface area contributed by atoms with E-state index < -0.39 is 32.7 Å². The summed E-state index contributed by atoms with van der Waals surface area (Å²) in [6.45, 7) is 1.76. The molecule has 0 rings (SSSR count). The SMILES string of the molecule is CC(C)(C(=O)O)S(=O)(=O)CC(F)F. The van der Waals surface area contributed by atoms with Gasteiger partial charge in [-0.15, -0.1) is 0 Å². The second-order valence-corrected chi connectivity index (χ2v) is 5.57. The number of halogens is 2. The molecule has 0 heterocycles. The van der Waals surface area contributed by atoms with E-state index in [-0.39, 0.29) is 0 Å². The van der Waals surface area contributed by atoms with Gasteiger partial charge in [-0.1, -0.05) is 0 Å². The Bertz CT molecular complexity index is 294. The van der Waals surface area contributed by atoms with Crippen molar-refractivity contribution in [2.45, 2.75) is 25.0 Å². The molecule has 0 bridgehead atoms. The fraction of sp³-hybridized carbons (Fsp3) is 0.833. The van der Waals surface area contributed by atoms with Crippen molar-refractivity contribution >= 4 is 15.8 Å². The Morgan fingerprint density at radius 1 is 1.46 bits per heavy atom. The van der Waals surface area contributed by atoms with Crippen LogP contribution in [0.1, 0.15) is 13.8 Å². The molecule has 0 spiro atoms. The Morgan fingerprint density at radius 3 is 2.08 bits per heavy atom. The third kappa shape index (κ3) is 2.61. The second kappa shape index (κ2) is 3.57. The van der Waals surface area contributed by atoms with Crippen molar-refractivity contribution in [2.24, 2.45) is 0 Å². The molecule has 0 atom stereocenters. The highest BCUT2D eigenvalue weighted by Crippen LogP contribution is 2.19. The van der Waals surface area contributed by atoms with Crippen molar-refractivity contribution in [1.29, 1.82) is 0 Å². The molecule has 13 heavy (non-hydrogen) atoms. The molecule has 0 aromatic heterocycles. The minimum Gasteiger partial charge on any atom is -0.480 e. The van der Waals surface area contributed by atoms with Gasteiger partial charge in [0.25, 0.3) is 6.43 Å². The maximum atomic E-state index is 11.8. The van der Waals surface area contributed by atoms with Crippen LogP contribution in [0.2, 0.25) is 0 Å². The third-order valence-electron chi connectivity index (χ3n) is 1.64. The summed E-state index contributed by atoms with van der Waals surface area (Å²) in [5.74, 6) is -3.06. The number of carboxylic acids is 1. The molecule has 0 aromatic rings. The van der Waals surface area contributed by atoms with Crippen molar-refractivity contribution in [3.05, 3.63) is 0 Å². The van der Waals surface area contributed by atoms with E-state index >= 15 is 0 Å². The zero-order valence-corrected chi connectivity index (χ0v) is 7.94. The highest BCUT2D eigenvalue weighted by atomic mass is 32.2. The first-order valence-corrected chi connectivity index (χ1v) is 5.00. The fourth-order valence-corrected chi connectivity index (χ4v) is 1.52. The van der Waals surface area contributed by atoms with Gasteiger partial charge in [0, 0.05) is 0 Å². The number of aliphatic carboxylic acids is 1. The molecule has 0 unspecified atom stereocenters.